The number of nitro benzene ring substituents is 1. The van der Waals surface area contributed by atoms with E-state index in [2.05, 4.69) is 5.32 Å². The topological polar surface area (TPSA) is 385 Å². The van der Waals surface area contributed by atoms with Crippen molar-refractivity contribution in [2.24, 2.45) is 0 Å². The summed E-state index contributed by atoms with van der Waals surface area (Å²) in [7, 11) is 0. The van der Waals surface area contributed by atoms with E-state index in [1.54, 1.807) is 81.6 Å². The van der Waals surface area contributed by atoms with Crippen molar-refractivity contribution >= 4 is 168 Å². The van der Waals surface area contributed by atoms with Gasteiger partial charge in [-0.05, 0) is 106 Å². The highest BCUT2D eigenvalue weighted by Gasteiger charge is 2.32. The lowest BCUT2D eigenvalue weighted by atomic mass is 10.2. The number of carbonyl (C=O) groups is 9. The number of amides is 9. The quantitative estimate of drug-likeness (QED) is 0.0568. The molecule has 5 aromatic heterocycles. The highest BCUT2D eigenvalue weighted by molar-refractivity contribution is 7.15. The van der Waals surface area contributed by atoms with Gasteiger partial charge in [0.15, 0.2) is 0 Å². The Balaban J connectivity index is 0.000000139. The molecule has 5 aliphatic heterocycles. The number of fused-ring (bicyclic) bond motifs is 5. The summed E-state index contributed by atoms with van der Waals surface area (Å²) < 4.78 is 32.8. The van der Waals surface area contributed by atoms with Crippen molar-refractivity contribution in [2.45, 2.75) is 72.6 Å². The van der Waals surface area contributed by atoms with Gasteiger partial charge in [-0.2, -0.15) is 0 Å². The average molecular weight is 1860 g/mol. The van der Waals surface area contributed by atoms with Crippen LogP contribution < -0.4 is 37.8 Å². The van der Waals surface area contributed by atoms with Crippen molar-refractivity contribution in [1.82, 2.24) is 69.2 Å². The molecular formula is C88H96N16O20S5. The second-order valence-corrected chi connectivity index (χ2v) is 36.4. The van der Waals surface area contributed by atoms with Gasteiger partial charge in [0.25, 0.3) is 33.5 Å². The lowest BCUT2D eigenvalue weighted by Gasteiger charge is -2.35. The number of aromatic nitrogens is 5. The zero-order valence-corrected chi connectivity index (χ0v) is 75.3. The SMILES string of the molecule is CC(C)(C)OC(=O)N1CCN(C(=O)Cn2sc3ccccc3c2=O)CC1.CCOC(=O)N1CCN(C(=O)Cn2sc3ccccc3c2=O)CC1.O=C(Cn1sc2ccccc2c1=O)N1CCN(C(=O)OCc2ccccc2)CC1.O=C(Cn1sc2ccccc2c1=O)N1CCN(C(=O)Oc2ccc([N+](=O)[O-])cc2)CC1.O=C(Cn1sc2ccccc2c1=O)N1CCNCC1. The second kappa shape index (κ2) is 43.5. The van der Waals surface area contributed by atoms with E-state index < -0.39 is 16.6 Å². The molecule has 12 aromatic rings. The van der Waals surface area contributed by atoms with Crippen LogP contribution in [0.4, 0.5) is 24.9 Å². The average Bonchev–Trinajstić information content (AvgIpc) is 1.64. The minimum atomic E-state index is -0.582. The third-order valence-corrected chi connectivity index (χ3v) is 26.6. The summed E-state index contributed by atoms with van der Waals surface area (Å²) in [4.78, 5) is 197. The van der Waals surface area contributed by atoms with Gasteiger partial charge >= 0.3 is 24.4 Å². The summed E-state index contributed by atoms with van der Waals surface area (Å²) in [6, 6.07) is 51.5. The molecule has 0 spiro atoms. The number of non-ortho nitro benzene ring substituents is 1. The van der Waals surface area contributed by atoms with E-state index in [-0.39, 0.29) is 126 Å². The Morgan fingerprint density at radius 2 is 0.605 bits per heavy atom. The van der Waals surface area contributed by atoms with Crippen LogP contribution in [-0.4, -0.2) is 266 Å². The molecule has 7 aromatic carbocycles. The van der Waals surface area contributed by atoms with Crippen molar-refractivity contribution in [3.8, 4) is 5.75 Å². The normalized spacial score (nSPS) is 14.7. The van der Waals surface area contributed by atoms with Crippen LogP contribution in [0.2, 0.25) is 0 Å². The van der Waals surface area contributed by atoms with Crippen LogP contribution in [-0.2, 0) is 77.5 Å². The fraction of sp³-hybridized carbons (Fsp3) is 0.364. The molecule has 36 nitrogen and oxygen atoms in total. The van der Waals surface area contributed by atoms with Crippen molar-refractivity contribution in [3.63, 3.8) is 0 Å². The van der Waals surface area contributed by atoms with Crippen LogP contribution in [0.15, 0.2) is 200 Å². The first-order chi connectivity index (χ1) is 62.1. The summed E-state index contributed by atoms with van der Waals surface area (Å²) in [5.74, 6) is -0.281. The summed E-state index contributed by atoms with van der Waals surface area (Å²) in [6.07, 6.45) is -1.65. The highest BCUT2D eigenvalue weighted by Crippen LogP contribution is 2.25. The molecule has 5 saturated heterocycles. The predicted octanol–water partition coefficient (Wildman–Crippen LogP) is 8.86. The summed E-state index contributed by atoms with van der Waals surface area (Å²) in [5, 5.41) is 17.1. The number of carbonyl (C=O) groups excluding carboxylic acids is 9. The van der Waals surface area contributed by atoms with Gasteiger partial charge in [-0.25, -0.2) is 19.2 Å². The monoisotopic (exact) mass is 1860 g/mol. The number of hydrogen-bond acceptors (Lipinski definition) is 26. The van der Waals surface area contributed by atoms with Gasteiger partial charge < -0.3 is 68.4 Å². The third-order valence-electron chi connectivity index (χ3n) is 21.3. The minimum Gasteiger partial charge on any atom is -0.450 e. The number of hydrogen-bond donors (Lipinski definition) is 1. The van der Waals surface area contributed by atoms with Gasteiger partial charge in [-0.1, -0.05) is 149 Å². The van der Waals surface area contributed by atoms with Crippen LogP contribution in [0.5, 0.6) is 5.75 Å². The zero-order chi connectivity index (χ0) is 91.4. The Bertz CT molecular complexity index is 6350. The molecule has 0 unspecified atom stereocenters. The third kappa shape index (κ3) is 24.4. The highest BCUT2D eigenvalue weighted by atomic mass is 32.1. The van der Waals surface area contributed by atoms with Crippen molar-refractivity contribution in [1.29, 1.82) is 0 Å². The fourth-order valence-electron chi connectivity index (χ4n) is 14.3. The van der Waals surface area contributed by atoms with E-state index in [1.165, 1.54) is 103 Å². The fourth-order valence-corrected chi connectivity index (χ4v) is 19.3. The van der Waals surface area contributed by atoms with E-state index in [9.17, 15) is 77.2 Å². The lowest BCUT2D eigenvalue weighted by Crippen LogP contribution is -2.52. The molecule has 678 valence electrons. The molecule has 0 bridgehead atoms. The van der Waals surface area contributed by atoms with E-state index in [4.69, 9.17) is 18.9 Å². The molecule has 0 radical (unpaired) electrons. The molecular weight excluding hydrogens is 1760 g/mol. The van der Waals surface area contributed by atoms with E-state index in [0.717, 1.165) is 55.2 Å². The molecule has 5 aliphatic rings. The van der Waals surface area contributed by atoms with Gasteiger partial charge in [0, 0.05) is 143 Å². The molecule has 0 saturated carbocycles. The number of benzene rings is 7. The summed E-state index contributed by atoms with van der Waals surface area (Å²) in [5.41, 5.74) is -0.342. The van der Waals surface area contributed by atoms with Crippen LogP contribution in [0, 0.1) is 10.1 Å². The number of rotatable bonds is 15. The number of nitrogens with one attached hydrogen (secondary N) is 1. The summed E-state index contributed by atoms with van der Waals surface area (Å²) >= 11 is 6.51. The Morgan fingerprint density at radius 3 is 0.891 bits per heavy atom. The van der Waals surface area contributed by atoms with Gasteiger partial charge in [-0.3, -0.25) is 77.8 Å². The van der Waals surface area contributed by atoms with Gasteiger partial charge in [0.05, 0.1) is 62.0 Å². The molecule has 0 atom stereocenters. The zero-order valence-electron chi connectivity index (χ0n) is 71.2. The van der Waals surface area contributed by atoms with Crippen molar-refractivity contribution in [3.05, 3.63) is 243 Å². The molecule has 129 heavy (non-hydrogen) atoms. The smallest absolute Gasteiger partial charge is 0.415 e. The van der Waals surface area contributed by atoms with Gasteiger partial charge in [0.1, 0.15) is 50.7 Å². The number of piperazine rings is 5. The Kier molecular flexibility index (Phi) is 31.5. The van der Waals surface area contributed by atoms with Gasteiger partial charge in [-0.15, -0.1) is 0 Å². The Morgan fingerprint density at radius 1 is 0.341 bits per heavy atom. The van der Waals surface area contributed by atoms with Crippen LogP contribution in [0.25, 0.3) is 50.4 Å². The van der Waals surface area contributed by atoms with Crippen LogP contribution >= 0.6 is 57.7 Å². The maximum absolute atomic E-state index is 12.6. The molecule has 17 rings (SSSR count). The standard InChI is InChI=1S/C21H21N3O4S.C20H18N4O6S.C18H23N3O4S.C16H19N3O4S.C13H15N3O2S/c25-19(14-24-20(26)17-8-4-5-9-18(17)29-24)22-10-12-23(13-11-22)21(27)28-15-16-6-2-1-3-7-16;25-18(13-23-19(26)16-3-1-2-4-17(16)31-23)21-9-11-22(12-10-21)20(27)30-15-7-5-14(6-8-15)24(28)29;1-18(2,3)25-17(24)20-10-8-19(9-11-20)15(22)12-21-16(23)13-6-4-5-7-14(13)26-21;1-2-23-16(22)18-9-7-17(8-10-18)14(20)11-19-15(21)12-5-3-4-6-13(12)24-19;17-12(15-7-5-14-6-8-15)9-16-13(18)10-3-1-2-4-11(10)19-16/h1-9H,10-15H2;1-8H,9-13H2;4-7H,8-12H2,1-3H3;3-6H,2,7-11H2,1H3;1-4,14H,5-9H2. The maximum Gasteiger partial charge on any atom is 0.415 e. The van der Waals surface area contributed by atoms with E-state index in [1.807, 2.05) is 141 Å². The summed E-state index contributed by atoms with van der Waals surface area (Å²) in [6.45, 7) is 17.6. The Hall–Kier alpha value is -13.2. The van der Waals surface area contributed by atoms with Crippen molar-refractivity contribution in [2.75, 3.05) is 138 Å². The predicted molar refractivity (Wildman–Crippen MR) is 491 cm³/mol. The second-order valence-electron chi connectivity index (χ2n) is 31.1. The lowest BCUT2D eigenvalue weighted by molar-refractivity contribution is -0.384. The first-order valence-corrected chi connectivity index (χ1v) is 45.6. The van der Waals surface area contributed by atoms with Crippen LogP contribution in [0.1, 0.15) is 33.3 Å². The molecule has 5 fully saturated rings. The molecule has 10 heterocycles. The largest absolute Gasteiger partial charge is 0.450 e. The molecule has 1 N–H and O–H groups in total. The van der Waals surface area contributed by atoms with Crippen molar-refractivity contribution < 1.29 is 67.0 Å². The van der Waals surface area contributed by atoms with E-state index >= 15 is 0 Å². The van der Waals surface area contributed by atoms with Crippen LogP contribution in [0.3, 0.4) is 0 Å². The van der Waals surface area contributed by atoms with Gasteiger partial charge in [0.2, 0.25) is 29.5 Å². The molecule has 9 amide bonds. The molecule has 0 aliphatic carbocycles. The number of ether oxygens (including phenoxy) is 4. The number of nitrogens with zero attached hydrogens (tertiary/aromatic N) is 15. The number of nitro groups is 1. The Labute approximate surface area is 758 Å². The minimum absolute atomic E-state index is 0.0233. The molecule has 41 heteroatoms. The first kappa shape index (κ1) is 93.4. The maximum atomic E-state index is 12.6. The van der Waals surface area contributed by atoms with E-state index in [0.29, 0.717) is 138 Å². The first-order valence-electron chi connectivity index (χ1n) is 41.7.